The van der Waals surface area contributed by atoms with E-state index >= 15 is 0 Å². The van der Waals surface area contributed by atoms with Gasteiger partial charge in [-0.05, 0) is 20.2 Å². The molecular formula is C15H25ClN4O2. The predicted octanol–water partition coefficient (Wildman–Crippen LogP) is 1.84. The van der Waals surface area contributed by atoms with Gasteiger partial charge in [-0.1, -0.05) is 0 Å². The minimum absolute atomic E-state index is 0.137. The molecule has 0 unspecified atom stereocenters. The first-order valence-electron chi connectivity index (χ1n) is 7.08. The van der Waals surface area contributed by atoms with Crippen molar-refractivity contribution in [2.45, 2.75) is 6.42 Å². The maximum absolute atomic E-state index is 11.8. The Balaban J connectivity index is 3.06. The molecule has 1 aromatic rings. The number of methoxy groups -OCH3 is 1. The Morgan fingerprint density at radius 2 is 2.00 bits per heavy atom. The Labute approximate surface area is 137 Å². The summed E-state index contributed by atoms with van der Waals surface area (Å²) in [7, 11) is 7.56. The minimum atomic E-state index is -0.137. The van der Waals surface area contributed by atoms with E-state index in [1.54, 1.807) is 13.2 Å². The molecule has 0 heterocycles. The number of nitrogens with zero attached hydrogens (tertiary/aromatic N) is 2. The van der Waals surface area contributed by atoms with Gasteiger partial charge in [0.25, 0.3) is 0 Å². The average Bonchev–Trinajstić information content (AvgIpc) is 2.45. The van der Waals surface area contributed by atoms with E-state index in [2.05, 4.69) is 15.1 Å². The molecule has 1 aromatic carbocycles. The third-order valence-corrected chi connectivity index (χ3v) is 3.43. The van der Waals surface area contributed by atoms with Gasteiger partial charge in [-0.2, -0.15) is 0 Å². The SMILES string of the molecule is COc1cc(N(C)CCN(C)C)c(NC(=O)CCCl)cc1N. The van der Waals surface area contributed by atoms with Gasteiger partial charge in [-0.15, -0.1) is 11.6 Å². The number of amides is 1. The first kappa shape index (κ1) is 18.4. The van der Waals surface area contributed by atoms with Gasteiger partial charge >= 0.3 is 0 Å². The highest BCUT2D eigenvalue weighted by atomic mass is 35.5. The van der Waals surface area contributed by atoms with Crippen molar-refractivity contribution in [1.29, 1.82) is 0 Å². The summed E-state index contributed by atoms with van der Waals surface area (Å²) in [6.07, 6.45) is 0.258. The number of nitrogens with two attached hydrogens (primary N) is 1. The molecule has 6 nitrogen and oxygen atoms in total. The summed E-state index contributed by atoms with van der Waals surface area (Å²) in [4.78, 5) is 16.0. The Bertz CT molecular complexity index is 509. The number of nitrogen functional groups attached to an aromatic ring is 1. The number of hydrogen-bond acceptors (Lipinski definition) is 5. The lowest BCUT2D eigenvalue weighted by atomic mass is 10.2. The van der Waals surface area contributed by atoms with Crippen LogP contribution in [0, 0.1) is 0 Å². The van der Waals surface area contributed by atoms with Crippen LogP contribution in [0.3, 0.4) is 0 Å². The summed E-state index contributed by atoms with van der Waals surface area (Å²) in [6.45, 7) is 1.69. The normalized spacial score (nSPS) is 10.6. The first-order chi connectivity index (χ1) is 10.4. The monoisotopic (exact) mass is 328 g/mol. The fourth-order valence-electron chi connectivity index (χ4n) is 1.95. The van der Waals surface area contributed by atoms with Crippen LogP contribution in [-0.4, -0.2) is 58.0 Å². The predicted molar refractivity (Wildman–Crippen MR) is 93.2 cm³/mol. The lowest BCUT2D eigenvalue weighted by Crippen LogP contribution is -2.29. The number of carbonyl (C=O) groups excluding carboxylic acids is 1. The molecule has 0 atom stereocenters. The maximum atomic E-state index is 11.8. The number of ether oxygens (including phenoxy) is 1. The summed E-state index contributed by atoms with van der Waals surface area (Å²) >= 11 is 5.61. The molecule has 0 aromatic heterocycles. The standard InChI is InChI=1S/C15H25ClN4O2/c1-19(2)7-8-20(3)13-10-14(22-4)11(17)9-12(13)18-15(21)5-6-16/h9-10H,5-8,17H2,1-4H3,(H,18,21). The molecule has 22 heavy (non-hydrogen) atoms. The zero-order chi connectivity index (χ0) is 16.7. The van der Waals surface area contributed by atoms with E-state index in [-0.39, 0.29) is 18.2 Å². The number of alkyl halides is 1. The molecule has 0 spiro atoms. The van der Waals surface area contributed by atoms with Crippen LogP contribution in [0.5, 0.6) is 5.75 Å². The second-order valence-corrected chi connectivity index (χ2v) is 5.70. The number of anilines is 3. The molecule has 0 bridgehead atoms. The Hall–Kier alpha value is -1.66. The lowest BCUT2D eigenvalue weighted by molar-refractivity contribution is -0.115. The molecule has 0 fully saturated rings. The highest BCUT2D eigenvalue weighted by Crippen LogP contribution is 2.35. The van der Waals surface area contributed by atoms with E-state index in [4.69, 9.17) is 22.1 Å². The van der Waals surface area contributed by atoms with Crippen molar-refractivity contribution in [3.05, 3.63) is 12.1 Å². The van der Waals surface area contributed by atoms with Gasteiger partial charge < -0.3 is 25.6 Å². The fraction of sp³-hybridized carbons (Fsp3) is 0.533. The second kappa shape index (κ2) is 8.70. The third kappa shape index (κ3) is 5.27. The summed E-state index contributed by atoms with van der Waals surface area (Å²) in [5.74, 6) is 0.729. The van der Waals surface area contributed by atoms with Crippen molar-refractivity contribution in [2.24, 2.45) is 0 Å². The van der Waals surface area contributed by atoms with Gasteiger partial charge in [0.2, 0.25) is 5.91 Å². The molecule has 0 saturated heterocycles. The number of likely N-dealkylation sites (N-methyl/N-ethyl adjacent to an activating group) is 2. The fourth-order valence-corrected chi connectivity index (χ4v) is 2.12. The molecule has 0 radical (unpaired) electrons. The van der Waals surface area contributed by atoms with Crippen molar-refractivity contribution in [3.8, 4) is 5.75 Å². The third-order valence-electron chi connectivity index (χ3n) is 3.24. The van der Waals surface area contributed by atoms with E-state index in [1.807, 2.05) is 27.2 Å². The van der Waals surface area contributed by atoms with Crippen molar-refractivity contribution >= 4 is 34.6 Å². The Kier molecular flexibility index (Phi) is 7.27. The Morgan fingerprint density at radius 1 is 1.32 bits per heavy atom. The van der Waals surface area contributed by atoms with Crippen molar-refractivity contribution in [2.75, 3.05) is 63.2 Å². The number of hydrogen-bond donors (Lipinski definition) is 2. The molecule has 7 heteroatoms. The molecule has 0 aliphatic heterocycles. The van der Waals surface area contributed by atoms with Gasteiger partial charge in [0, 0.05) is 38.5 Å². The molecule has 0 saturated carbocycles. The highest BCUT2D eigenvalue weighted by Gasteiger charge is 2.14. The minimum Gasteiger partial charge on any atom is -0.495 e. The van der Waals surface area contributed by atoms with Crippen LogP contribution in [0.2, 0.25) is 0 Å². The number of benzene rings is 1. The number of rotatable bonds is 8. The van der Waals surface area contributed by atoms with Crippen LogP contribution in [0.1, 0.15) is 6.42 Å². The van der Waals surface area contributed by atoms with Crippen LogP contribution in [0.4, 0.5) is 17.1 Å². The smallest absolute Gasteiger partial charge is 0.225 e. The van der Waals surface area contributed by atoms with Crippen LogP contribution >= 0.6 is 11.6 Å². The topological polar surface area (TPSA) is 70.8 Å². The van der Waals surface area contributed by atoms with E-state index in [0.29, 0.717) is 17.1 Å². The molecule has 3 N–H and O–H groups in total. The second-order valence-electron chi connectivity index (χ2n) is 5.32. The summed E-state index contributed by atoms with van der Waals surface area (Å²) in [5.41, 5.74) is 7.94. The zero-order valence-electron chi connectivity index (χ0n) is 13.6. The van der Waals surface area contributed by atoms with Gasteiger partial charge in [-0.3, -0.25) is 4.79 Å². The number of carbonyl (C=O) groups is 1. The van der Waals surface area contributed by atoms with E-state index in [0.717, 1.165) is 18.8 Å². The van der Waals surface area contributed by atoms with Gasteiger partial charge in [0.05, 0.1) is 24.2 Å². The maximum Gasteiger partial charge on any atom is 0.225 e. The van der Waals surface area contributed by atoms with Crippen LogP contribution in [0.25, 0.3) is 0 Å². The molecule has 124 valence electrons. The van der Waals surface area contributed by atoms with Gasteiger partial charge in [-0.25, -0.2) is 0 Å². The summed E-state index contributed by atoms with van der Waals surface area (Å²) in [5, 5.41) is 2.86. The van der Waals surface area contributed by atoms with Crippen LogP contribution in [0.15, 0.2) is 12.1 Å². The zero-order valence-corrected chi connectivity index (χ0v) is 14.4. The first-order valence-corrected chi connectivity index (χ1v) is 7.61. The molecular weight excluding hydrogens is 304 g/mol. The van der Waals surface area contributed by atoms with E-state index in [9.17, 15) is 4.79 Å². The molecule has 1 amide bonds. The molecule has 0 aliphatic carbocycles. The summed E-state index contributed by atoms with van der Waals surface area (Å²) < 4.78 is 5.27. The van der Waals surface area contributed by atoms with Gasteiger partial charge in [0.15, 0.2) is 0 Å². The van der Waals surface area contributed by atoms with Crippen molar-refractivity contribution in [3.63, 3.8) is 0 Å². The van der Waals surface area contributed by atoms with E-state index in [1.165, 1.54) is 0 Å². The van der Waals surface area contributed by atoms with Gasteiger partial charge in [0.1, 0.15) is 5.75 Å². The molecule has 0 aliphatic rings. The van der Waals surface area contributed by atoms with Crippen molar-refractivity contribution < 1.29 is 9.53 Å². The molecule has 1 rings (SSSR count). The quantitative estimate of drug-likeness (QED) is 0.563. The summed E-state index contributed by atoms with van der Waals surface area (Å²) in [6, 6.07) is 3.55. The average molecular weight is 329 g/mol. The van der Waals surface area contributed by atoms with Crippen LogP contribution in [-0.2, 0) is 4.79 Å². The lowest BCUT2D eigenvalue weighted by Gasteiger charge is -2.25. The number of nitrogens with one attached hydrogen (secondary N) is 1. The van der Waals surface area contributed by atoms with Crippen molar-refractivity contribution in [1.82, 2.24) is 4.90 Å². The largest absolute Gasteiger partial charge is 0.495 e. The highest BCUT2D eigenvalue weighted by molar-refractivity contribution is 6.19. The number of halogens is 1. The Morgan fingerprint density at radius 3 is 2.55 bits per heavy atom. The van der Waals surface area contributed by atoms with E-state index < -0.39 is 0 Å². The van der Waals surface area contributed by atoms with Crippen LogP contribution < -0.4 is 20.7 Å².